The third kappa shape index (κ3) is 4.95. The van der Waals surface area contributed by atoms with E-state index in [2.05, 4.69) is 52.1 Å². The lowest BCUT2D eigenvalue weighted by Gasteiger charge is -2.04. The van der Waals surface area contributed by atoms with Crippen molar-refractivity contribution in [2.75, 3.05) is 0 Å². The number of aryl methyl sites for hydroxylation is 1. The van der Waals surface area contributed by atoms with Crippen LogP contribution in [0.5, 0.6) is 0 Å². The second-order valence-corrected chi connectivity index (χ2v) is 8.73. The number of thiazole rings is 1. The van der Waals surface area contributed by atoms with E-state index in [1.54, 1.807) is 18.3 Å². The van der Waals surface area contributed by atoms with Crippen LogP contribution in [0, 0.1) is 10.1 Å². The summed E-state index contributed by atoms with van der Waals surface area (Å²) >= 11 is 4.90. The number of nitro benzene ring substituents is 1. The maximum absolute atomic E-state index is 11.0. The molecule has 7 heteroatoms. The zero-order valence-electron chi connectivity index (χ0n) is 16.7. The van der Waals surface area contributed by atoms with E-state index in [1.807, 2.05) is 24.3 Å². The third-order valence-corrected chi connectivity index (χ3v) is 6.33. The van der Waals surface area contributed by atoms with Crippen LogP contribution in [0.25, 0.3) is 21.7 Å². The number of benzene rings is 3. The first-order chi connectivity index (χ1) is 15.0. The molecule has 0 spiro atoms. The summed E-state index contributed by atoms with van der Waals surface area (Å²) in [5, 5.41) is 11.6. The molecule has 0 unspecified atom stereocenters. The number of hydrogen-bond donors (Lipinski definition) is 0. The highest BCUT2D eigenvalue weighted by molar-refractivity contribution is 9.10. The van der Waals surface area contributed by atoms with E-state index in [-0.39, 0.29) is 5.69 Å². The van der Waals surface area contributed by atoms with Gasteiger partial charge in [0.05, 0.1) is 15.5 Å². The molecule has 154 valence electrons. The summed E-state index contributed by atoms with van der Waals surface area (Å²) in [4.78, 5) is 20.9. The van der Waals surface area contributed by atoms with E-state index in [0.29, 0.717) is 5.13 Å². The number of halogens is 1. The third-order valence-electron chi connectivity index (χ3n) is 4.79. The lowest BCUT2D eigenvalue weighted by molar-refractivity contribution is -0.384. The molecule has 3 aromatic carbocycles. The Balaban J connectivity index is 1.75. The van der Waals surface area contributed by atoms with Crippen molar-refractivity contribution in [1.29, 1.82) is 0 Å². The van der Waals surface area contributed by atoms with Crippen molar-refractivity contribution in [3.8, 4) is 21.7 Å². The van der Waals surface area contributed by atoms with E-state index in [4.69, 9.17) is 4.98 Å². The van der Waals surface area contributed by atoms with Gasteiger partial charge in [0.25, 0.3) is 5.69 Å². The van der Waals surface area contributed by atoms with E-state index < -0.39 is 4.92 Å². The Bertz CT molecular complexity index is 1230. The van der Waals surface area contributed by atoms with E-state index in [0.717, 1.165) is 38.2 Å². The Kier molecular flexibility index (Phi) is 6.34. The standard InChI is InChI=1S/C24H18BrN3O2S/c1-2-16-3-7-18(8-4-16)22-23(19-9-13-21(14-10-19)28(29)30)31-24(27-22)26-15-17-5-11-20(25)12-6-17/h3-15H,2H2,1H3. The summed E-state index contributed by atoms with van der Waals surface area (Å²) in [6.45, 7) is 2.12. The van der Waals surface area contributed by atoms with Crippen LogP contribution < -0.4 is 0 Å². The molecule has 0 atom stereocenters. The summed E-state index contributed by atoms with van der Waals surface area (Å²) in [7, 11) is 0. The van der Waals surface area contributed by atoms with E-state index in [9.17, 15) is 10.1 Å². The predicted molar refractivity (Wildman–Crippen MR) is 130 cm³/mol. The molecule has 1 aromatic heterocycles. The minimum absolute atomic E-state index is 0.0654. The topological polar surface area (TPSA) is 68.4 Å². The normalized spacial score (nSPS) is 11.2. The van der Waals surface area contributed by atoms with Gasteiger partial charge in [0.15, 0.2) is 0 Å². The number of rotatable bonds is 6. The van der Waals surface area contributed by atoms with Gasteiger partial charge in [-0.25, -0.2) is 9.98 Å². The van der Waals surface area contributed by atoms with Gasteiger partial charge >= 0.3 is 0 Å². The number of nitrogens with zero attached hydrogens (tertiary/aromatic N) is 3. The molecule has 4 rings (SSSR count). The molecule has 0 saturated carbocycles. The highest BCUT2D eigenvalue weighted by atomic mass is 79.9. The van der Waals surface area contributed by atoms with Crippen molar-refractivity contribution < 1.29 is 4.92 Å². The Morgan fingerprint density at radius 1 is 1.00 bits per heavy atom. The number of nitro groups is 1. The highest BCUT2D eigenvalue weighted by Crippen LogP contribution is 2.40. The molecule has 5 nitrogen and oxygen atoms in total. The Morgan fingerprint density at radius 3 is 2.26 bits per heavy atom. The van der Waals surface area contributed by atoms with Crippen molar-refractivity contribution in [3.63, 3.8) is 0 Å². The molecule has 0 bridgehead atoms. The van der Waals surface area contributed by atoms with Gasteiger partial charge in [0.2, 0.25) is 5.13 Å². The molecule has 31 heavy (non-hydrogen) atoms. The molecule has 0 fully saturated rings. The number of non-ortho nitro benzene ring substituents is 1. The molecule has 0 amide bonds. The Hall–Kier alpha value is -3.16. The monoisotopic (exact) mass is 491 g/mol. The van der Waals surface area contributed by atoms with Crippen LogP contribution in [0.3, 0.4) is 0 Å². The largest absolute Gasteiger partial charge is 0.269 e. The fraction of sp³-hybridized carbons (Fsp3) is 0.0833. The number of aromatic nitrogens is 1. The fourth-order valence-electron chi connectivity index (χ4n) is 3.07. The zero-order chi connectivity index (χ0) is 21.8. The summed E-state index contributed by atoms with van der Waals surface area (Å²) in [6, 6.07) is 22.8. The van der Waals surface area contributed by atoms with Gasteiger partial charge in [-0.1, -0.05) is 70.6 Å². The van der Waals surface area contributed by atoms with Crippen molar-refractivity contribution >= 4 is 44.3 Å². The van der Waals surface area contributed by atoms with Crippen molar-refractivity contribution in [3.05, 3.63) is 98.5 Å². The first-order valence-corrected chi connectivity index (χ1v) is 11.3. The summed E-state index contributed by atoms with van der Waals surface area (Å²) in [5.41, 5.74) is 4.99. The quantitative estimate of drug-likeness (QED) is 0.159. The van der Waals surface area contributed by atoms with Crippen LogP contribution in [0.2, 0.25) is 0 Å². The Morgan fingerprint density at radius 2 is 1.65 bits per heavy atom. The molecule has 4 aromatic rings. The maximum Gasteiger partial charge on any atom is 0.269 e. The van der Waals surface area contributed by atoms with Crippen molar-refractivity contribution in [2.24, 2.45) is 4.99 Å². The minimum atomic E-state index is -0.394. The predicted octanol–water partition coefficient (Wildman–Crippen LogP) is 7.46. The maximum atomic E-state index is 11.0. The second-order valence-electron chi connectivity index (χ2n) is 6.84. The SMILES string of the molecule is CCc1ccc(-c2nc(N=Cc3ccc(Br)cc3)sc2-c2ccc([N+](=O)[O-])cc2)cc1. The molecule has 0 radical (unpaired) electrons. The van der Waals surface area contributed by atoms with Crippen molar-refractivity contribution in [1.82, 2.24) is 4.98 Å². The van der Waals surface area contributed by atoms with Crippen LogP contribution in [-0.2, 0) is 6.42 Å². The van der Waals surface area contributed by atoms with Gasteiger partial charge in [0, 0.05) is 28.4 Å². The van der Waals surface area contributed by atoms with Gasteiger partial charge in [-0.3, -0.25) is 10.1 Å². The second kappa shape index (κ2) is 9.32. The molecule has 0 N–H and O–H groups in total. The van der Waals surface area contributed by atoms with Gasteiger partial charge < -0.3 is 0 Å². The molecular formula is C24H18BrN3O2S. The fourth-order valence-corrected chi connectivity index (χ4v) is 4.27. The first-order valence-electron chi connectivity index (χ1n) is 9.68. The molecular weight excluding hydrogens is 474 g/mol. The smallest absolute Gasteiger partial charge is 0.258 e. The van der Waals surface area contributed by atoms with Gasteiger partial charge in [-0.15, -0.1) is 0 Å². The van der Waals surface area contributed by atoms with Gasteiger partial charge in [0.1, 0.15) is 0 Å². The molecule has 0 saturated heterocycles. The molecule has 0 aliphatic carbocycles. The van der Waals surface area contributed by atoms with Gasteiger partial charge in [-0.2, -0.15) is 0 Å². The van der Waals surface area contributed by atoms with Gasteiger partial charge in [-0.05, 0) is 47.4 Å². The van der Waals surface area contributed by atoms with Crippen LogP contribution in [0.15, 0.2) is 82.3 Å². The summed E-state index contributed by atoms with van der Waals surface area (Å²) < 4.78 is 1.01. The van der Waals surface area contributed by atoms with Crippen molar-refractivity contribution in [2.45, 2.75) is 13.3 Å². The number of hydrogen-bond acceptors (Lipinski definition) is 5. The average Bonchev–Trinajstić information content (AvgIpc) is 3.23. The lowest BCUT2D eigenvalue weighted by Crippen LogP contribution is -1.88. The molecule has 1 heterocycles. The zero-order valence-corrected chi connectivity index (χ0v) is 19.1. The average molecular weight is 492 g/mol. The minimum Gasteiger partial charge on any atom is -0.258 e. The van der Waals surface area contributed by atoms with Crippen LogP contribution in [0.1, 0.15) is 18.1 Å². The van der Waals surface area contributed by atoms with E-state index in [1.165, 1.54) is 29.0 Å². The Labute approximate surface area is 192 Å². The van der Waals surface area contributed by atoms with Crippen LogP contribution in [0.4, 0.5) is 10.8 Å². The number of aliphatic imine (C=N–C) groups is 1. The molecule has 0 aliphatic rings. The summed E-state index contributed by atoms with van der Waals surface area (Å²) in [5.74, 6) is 0. The highest BCUT2D eigenvalue weighted by Gasteiger charge is 2.16. The summed E-state index contributed by atoms with van der Waals surface area (Å²) in [6.07, 6.45) is 2.75. The molecule has 0 aliphatic heterocycles. The van der Waals surface area contributed by atoms with Crippen LogP contribution in [-0.4, -0.2) is 16.1 Å². The first kappa shape index (κ1) is 21.1. The van der Waals surface area contributed by atoms with Crippen LogP contribution >= 0.6 is 27.3 Å². The van der Waals surface area contributed by atoms with E-state index >= 15 is 0 Å². The lowest BCUT2D eigenvalue weighted by atomic mass is 10.0.